The Kier molecular flexibility index (Phi) is 5.01. The van der Waals surface area contributed by atoms with Crippen molar-refractivity contribution in [2.24, 2.45) is 10.7 Å². The highest BCUT2D eigenvalue weighted by Crippen LogP contribution is 2.23. The van der Waals surface area contributed by atoms with Crippen LogP contribution in [0.25, 0.3) is 0 Å². The van der Waals surface area contributed by atoms with E-state index in [0.29, 0.717) is 18.4 Å². The van der Waals surface area contributed by atoms with Gasteiger partial charge in [-0.05, 0) is 23.6 Å². The van der Waals surface area contributed by atoms with Gasteiger partial charge in [-0.3, -0.25) is 4.99 Å². The molecule has 1 aromatic heterocycles. The number of nitrogens with zero attached hydrogens (tertiary/aromatic N) is 1. The van der Waals surface area contributed by atoms with Crippen LogP contribution in [-0.2, 0) is 0 Å². The Labute approximate surface area is 123 Å². The molecule has 1 unspecified atom stereocenters. The van der Waals surface area contributed by atoms with Gasteiger partial charge in [0, 0.05) is 10.8 Å². The molecule has 3 N–H and O–H groups in total. The van der Waals surface area contributed by atoms with E-state index in [1.54, 1.807) is 18.4 Å². The molecule has 0 spiro atoms. The van der Waals surface area contributed by atoms with Crippen molar-refractivity contribution in [3.8, 4) is 5.75 Å². The maximum atomic E-state index is 5.92. The fraction of sp³-hybridized carbons (Fsp3) is 0.267. The van der Waals surface area contributed by atoms with Crippen LogP contribution in [0.1, 0.15) is 17.7 Å². The summed E-state index contributed by atoms with van der Waals surface area (Å²) in [7, 11) is 1.63. The zero-order valence-corrected chi connectivity index (χ0v) is 12.5. The topological polar surface area (TPSA) is 59.6 Å². The van der Waals surface area contributed by atoms with Crippen LogP contribution < -0.4 is 15.8 Å². The van der Waals surface area contributed by atoms with Gasteiger partial charge in [0.15, 0.2) is 5.96 Å². The van der Waals surface area contributed by atoms with Crippen LogP contribution in [0.5, 0.6) is 5.75 Å². The Balaban J connectivity index is 1.97. The summed E-state index contributed by atoms with van der Waals surface area (Å²) in [6.45, 7) is 2.81. The van der Waals surface area contributed by atoms with E-state index in [4.69, 9.17) is 10.5 Å². The third-order valence-corrected chi connectivity index (χ3v) is 4.04. The molecular weight excluding hydrogens is 270 g/mol. The Bertz CT molecular complexity index is 566. The van der Waals surface area contributed by atoms with Crippen molar-refractivity contribution in [2.45, 2.75) is 12.8 Å². The number of guanidine groups is 1. The van der Waals surface area contributed by atoms with Crippen LogP contribution >= 0.6 is 11.3 Å². The molecule has 0 aliphatic heterocycles. The van der Waals surface area contributed by atoms with Gasteiger partial charge >= 0.3 is 0 Å². The van der Waals surface area contributed by atoms with Gasteiger partial charge in [-0.2, -0.15) is 0 Å². The van der Waals surface area contributed by atoms with Crippen LogP contribution in [0.15, 0.2) is 46.8 Å². The van der Waals surface area contributed by atoms with Crippen LogP contribution in [-0.4, -0.2) is 19.6 Å². The van der Waals surface area contributed by atoms with E-state index in [0.717, 1.165) is 11.4 Å². The summed E-state index contributed by atoms with van der Waals surface area (Å²) < 4.78 is 5.26. The molecule has 0 aliphatic carbocycles. The summed E-state index contributed by atoms with van der Waals surface area (Å²) in [5, 5.41) is 5.14. The van der Waals surface area contributed by atoms with Gasteiger partial charge in [0.05, 0.1) is 19.3 Å². The quantitative estimate of drug-likeness (QED) is 0.656. The van der Waals surface area contributed by atoms with E-state index < -0.39 is 0 Å². The Morgan fingerprint density at radius 3 is 2.85 bits per heavy atom. The fourth-order valence-electron chi connectivity index (χ4n) is 1.82. The third kappa shape index (κ3) is 3.74. The highest BCUT2D eigenvalue weighted by Gasteiger charge is 2.06. The first-order valence-corrected chi connectivity index (χ1v) is 7.32. The second kappa shape index (κ2) is 6.96. The van der Waals surface area contributed by atoms with E-state index >= 15 is 0 Å². The molecule has 0 aliphatic rings. The number of hydrogen-bond acceptors (Lipinski definition) is 3. The number of hydrogen-bond donors (Lipinski definition) is 2. The van der Waals surface area contributed by atoms with Crippen LogP contribution in [0.3, 0.4) is 0 Å². The second-order valence-electron chi connectivity index (χ2n) is 4.47. The number of para-hydroxylation sites is 2. The molecule has 106 valence electrons. The first-order chi connectivity index (χ1) is 9.70. The molecule has 1 aromatic carbocycles. The molecule has 2 aromatic rings. The summed E-state index contributed by atoms with van der Waals surface area (Å²) in [6.07, 6.45) is 0. The minimum absolute atomic E-state index is 0.369. The maximum absolute atomic E-state index is 5.92. The molecule has 0 bridgehead atoms. The van der Waals surface area contributed by atoms with E-state index in [1.807, 2.05) is 24.3 Å². The lowest BCUT2D eigenvalue weighted by Gasteiger charge is -2.11. The average molecular weight is 289 g/mol. The van der Waals surface area contributed by atoms with Crippen molar-refractivity contribution in [3.05, 3.63) is 46.7 Å². The number of anilines is 1. The van der Waals surface area contributed by atoms with E-state index in [9.17, 15) is 0 Å². The van der Waals surface area contributed by atoms with Gasteiger partial charge in [-0.1, -0.05) is 25.1 Å². The summed E-state index contributed by atoms with van der Waals surface area (Å²) >= 11 is 1.74. The monoisotopic (exact) mass is 289 g/mol. The number of thiophene rings is 1. The highest BCUT2D eigenvalue weighted by molar-refractivity contribution is 7.10. The fourth-order valence-corrected chi connectivity index (χ4v) is 2.60. The Morgan fingerprint density at radius 2 is 2.15 bits per heavy atom. The summed E-state index contributed by atoms with van der Waals surface area (Å²) in [5.41, 5.74) is 6.74. The summed E-state index contributed by atoms with van der Waals surface area (Å²) in [6, 6.07) is 11.8. The number of rotatable bonds is 5. The van der Waals surface area contributed by atoms with Crippen molar-refractivity contribution in [1.82, 2.24) is 0 Å². The SMILES string of the molecule is COc1ccccc1NC(N)=NCC(C)c1cccs1. The van der Waals surface area contributed by atoms with Gasteiger partial charge in [-0.15, -0.1) is 11.3 Å². The van der Waals surface area contributed by atoms with Gasteiger partial charge in [0.2, 0.25) is 0 Å². The number of nitrogens with two attached hydrogens (primary N) is 1. The summed E-state index contributed by atoms with van der Waals surface area (Å²) in [4.78, 5) is 5.70. The zero-order valence-electron chi connectivity index (χ0n) is 11.7. The van der Waals surface area contributed by atoms with Crippen molar-refractivity contribution in [1.29, 1.82) is 0 Å². The molecule has 0 saturated carbocycles. The third-order valence-electron chi connectivity index (χ3n) is 2.93. The number of nitrogens with one attached hydrogen (secondary N) is 1. The molecular formula is C15H19N3OS. The number of ether oxygens (including phenoxy) is 1. The molecule has 20 heavy (non-hydrogen) atoms. The van der Waals surface area contributed by atoms with Crippen LogP contribution in [0.4, 0.5) is 5.69 Å². The van der Waals surface area contributed by atoms with E-state index in [1.165, 1.54) is 4.88 Å². The zero-order chi connectivity index (χ0) is 14.4. The Morgan fingerprint density at radius 1 is 1.35 bits per heavy atom. The van der Waals surface area contributed by atoms with Gasteiger partial charge in [0.25, 0.3) is 0 Å². The standard InChI is InChI=1S/C15H19N3OS/c1-11(14-8-5-9-20-14)10-17-15(16)18-12-6-3-4-7-13(12)19-2/h3-9,11H,10H2,1-2H3,(H3,16,17,18). The van der Waals surface area contributed by atoms with Crippen molar-refractivity contribution in [3.63, 3.8) is 0 Å². The van der Waals surface area contributed by atoms with E-state index in [-0.39, 0.29) is 0 Å². The molecule has 0 radical (unpaired) electrons. The highest BCUT2D eigenvalue weighted by atomic mass is 32.1. The number of aliphatic imine (C=N–C) groups is 1. The molecule has 0 amide bonds. The number of methoxy groups -OCH3 is 1. The van der Waals surface area contributed by atoms with E-state index in [2.05, 4.69) is 34.7 Å². The van der Waals surface area contributed by atoms with Crippen molar-refractivity contribution in [2.75, 3.05) is 19.0 Å². The van der Waals surface area contributed by atoms with Crippen LogP contribution in [0.2, 0.25) is 0 Å². The summed E-state index contributed by atoms with van der Waals surface area (Å²) in [5.74, 6) is 1.52. The maximum Gasteiger partial charge on any atom is 0.193 e. The molecule has 0 saturated heterocycles. The lowest BCUT2D eigenvalue weighted by molar-refractivity contribution is 0.417. The minimum Gasteiger partial charge on any atom is -0.495 e. The van der Waals surface area contributed by atoms with Crippen molar-refractivity contribution < 1.29 is 4.74 Å². The first kappa shape index (κ1) is 14.4. The first-order valence-electron chi connectivity index (χ1n) is 6.44. The molecule has 1 heterocycles. The number of benzene rings is 1. The molecule has 2 rings (SSSR count). The van der Waals surface area contributed by atoms with Gasteiger partial charge in [-0.25, -0.2) is 0 Å². The van der Waals surface area contributed by atoms with Crippen LogP contribution in [0, 0.1) is 0 Å². The smallest absolute Gasteiger partial charge is 0.193 e. The molecule has 0 fully saturated rings. The normalized spacial score (nSPS) is 13.0. The van der Waals surface area contributed by atoms with Crippen molar-refractivity contribution >= 4 is 23.0 Å². The average Bonchev–Trinajstić information content (AvgIpc) is 2.99. The minimum atomic E-state index is 0.369. The largest absolute Gasteiger partial charge is 0.495 e. The molecule has 5 heteroatoms. The Hall–Kier alpha value is -2.01. The lowest BCUT2D eigenvalue weighted by Crippen LogP contribution is -2.23. The second-order valence-corrected chi connectivity index (χ2v) is 5.45. The molecule has 4 nitrogen and oxygen atoms in total. The molecule has 1 atom stereocenters. The van der Waals surface area contributed by atoms with Gasteiger partial charge < -0.3 is 15.8 Å². The predicted molar refractivity (Wildman–Crippen MR) is 85.8 cm³/mol. The predicted octanol–water partition coefficient (Wildman–Crippen LogP) is 3.29. The van der Waals surface area contributed by atoms with Gasteiger partial charge in [0.1, 0.15) is 5.75 Å². The lowest BCUT2D eigenvalue weighted by atomic mass is 10.1.